The van der Waals surface area contributed by atoms with Gasteiger partial charge in [-0.25, -0.2) is 4.79 Å². The van der Waals surface area contributed by atoms with Crippen LogP contribution in [0.15, 0.2) is 47.6 Å². The molecule has 0 aromatic heterocycles. The Hall–Kier alpha value is -2.46. The van der Waals surface area contributed by atoms with Crippen LogP contribution in [0, 0.1) is 0 Å². The van der Waals surface area contributed by atoms with Crippen molar-refractivity contribution in [2.45, 2.75) is 96.2 Å². The first kappa shape index (κ1) is 24.8. The van der Waals surface area contributed by atoms with E-state index in [1.165, 1.54) is 38.5 Å². The number of allylic oxidation sites excluding steroid dienone is 1. The summed E-state index contributed by atoms with van der Waals surface area (Å²) in [5.41, 5.74) is 9.41. The minimum Gasteiger partial charge on any atom is -0.445 e. The van der Waals surface area contributed by atoms with Gasteiger partial charge in [0.1, 0.15) is 6.61 Å². The molecule has 0 N–H and O–H groups in total. The number of hydrogen-bond acceptors (Lipinski definition) is 3. The van der Waals surface area contributed by atoms with Crippen LogP contribution in [-0.2, 0) is 11.3 Å². The van der Waals surface area contributed by atoms with E-state index in [1.54, 1.807) is 0 Å². The number of amides is 1. The topological polar surface area (TPSA) is 78.3 Å². The number of likely N-dealkylation sites (tertiary alicyclic amines) is 1. The van der Waals surface area contributed by atoms with Crippen LogP contribution in [0.5, 0.6) is 0 Å². The highest BCUT2D eigenvalue weighted by Gasteiger charge is 2.27. The number of hydrogen-bond donors (Lipinski definition) is 0. The molecular formula is C25H38N4O2. The quantitative estimate of drug-likeness (QED) is 0.101. The summed E-state index contributed by atoms with van der Waals surface area (Å²) >= 11 is 0. The molecule has 0 bridgehead atoms. The number of carbonyl (C=O) groups excluding carboxylic acids is 1. The van der Waals surface area contributed by atoms with Crippen LogP contribution in [0.4, 0.5) is 4.79 Å². The van der Waals surface area contributed by atoms with Gasteiger partial charge in [-0.05, 0) is 43.2 Å². The second-order valence-electron chi connectivity index (χ2n) is 8.48. The average molecular weight is 427 g/mol. The average Bonchev–Trinajstić information content (AvgIpc) is 3.25. The maximum Gasteiger partial charge on any atom is 0.410 e. The minimum atomic E-state index is -0.204. The Kier molecular flexibility index (Phi) is 12.3. The summed E-state index contributed by atoms with van der Waals surface area (Å²) in [7, 11) is 0. The van der Waals surface area contributed by atoms with Gasteiger partial charge in [0.2, 0.25) is 0 Å². The van der Waals surface area contributed by atoms with Crippen LogP contribution in [0.25, 0.3) is 10.4 Å². The lowest BCUT2D eigenvalue weighted by molar-refractivity contribution is 0.0974. The number of nitrogens with zero attached hydrogens (tertiary/aromatic N) is 4. The smallest absolute Gasteiger partial charge is 0.410 e. The van der Waals surface area contributed by atoms with Gasteiger partial charge in [-0.3, -0.25) is 0 Å². The molecule has 1 heterocycles. The number of carbonyl (C=O) groups is 1. The minimum absolute atomic E-state index is 0.123. The lowest BCUT2D eigenvalue weighted by atomic mass is 10.1. The molecule has 1 aromatic rings. The van der Waals surface area contributed by atoms with Gasteiger partial charge in [-0.15, -0.1) is 0 Å². The van der Waals surface area contributed by atoms with Gasteiger partial charge < -0.3 is 9.64 Å². The van der Waals surface area contributed by atoms with Crippen molar-refractivity contribution >= 4 is 6.09 Å². The second kappa shape index (κ2) is 15.4. The summed E-state index contributed by atoms with van der Waals surface area (Å²) < 4.78 is 5.50. The molecule has 1 fully saturated rings. The van der Waals surface area contributed by atoms with Gasteiger partial charge in [-0.1, -0.05) is 93.0 Å². The highest BCUT2D eigenvalue weighted by Crippen LogP contribution is 2.20. The van der Waals surface area contributed by atoms with Crippen molar-refractivity contribution in [3.05, 3.63) is 58.5 Å². The fourth-order valence-corrected chi connectivity index (χ4v) is 4.01. The third kappa shape index (κ3) is 10.4. The summed E-state index contributed by atoms with van der Waals surface area (Å²) in [6, 6.07) is 10.1. The van der Waals surface area contributed by atoms with Gasteiger partial charge in [0.15, 0.2) is 0 Å². The summed E-state index contributed by atoms with van der Waals surface area (Å²) in [6.07, 6.45) is 17.0. The van der Waals surface area contributed by atoms with Crippen molar-refractivity contribution < 1.29 is 9.53 Å². The van der Waals surface area contributed by atoms with E-state index < -0.39 is 0 Å². The summed E-state index contributed by atoms with van der Waals surface area (Å²) in [5, 5.41) is 3.71. The van der Waals surface area contributed by atoms with Crippen LogP contribution in [-0.4, -0.2) is 29.6 Å². The monoisotopic (exact) mass is 426 g/mol. The zero-order valence-electron chi connectivity index (χ0n) is 19.0. The first-order valence-electron chi connectivity index (χ1n) is 11.9. The van der Waals surface area contributed by atoms with Crippen molar-refractivity contribution in [2.75, 3.05) is 6.54 Å². The Morgan fingerprint density at radius 3 is 2.65 bits per heavy atom. The second-order valence-corrected chi connectivity index (χ2v) is 8.48. The summed E-state index contributed by atoms with van der Waals surface area (Å²) in [5.74, 6) is 0. The Balaban J connectivity index is 1.51. The Bertz CT molecular complexity index is 701. The Labute approximate surface area is 187 Å². The number of benzene rings is 1. The van der Waals surface area contributed by atoms with Gasteiger partial charge in [0, 0.05) is 17.5 Å². The van der Waals surface area contributed by atoms with Crippen molar-refractivity contribution in [1.82, 2.24) is 4.90 Å². The van der Waals surface area contributed by atoms with Crippen molar-refractivity contribution in [3.8, 4) is 0 Å². The van der Waals surface area contributed by atoms with E-state index in [1.807, 2.05) is 42.2 Å². The molecular weight excluding hydrogens is 388 g/mol. The van der Waals surface area contributed by atoms with E-state index in [-0.39, 0.29) is 18.2 Å². The van der Waals surface area contributed by atoms with Crippen LogP contribution in [0.3, 0.4) is 0 Å². The molecule has 0 saturated carbocycles. The fourth-order valence-electron chi connectivity index (χ4n) is 4.01. The van der Waals surface area contributed by atoms with Crippen LogP contribution >= 0.6 is 0 Å². The van der Waals surface area contributed by atoms with Crippen LogP contribution < -0.4 is 0 Å². The van der Waals surface area contributed by atoms with Crippen LogP contribution in [0.2, 0.25) is 0 Å². The third-order valence-electron chi connectivity index (χ3n) is 5.84. The molecule has 1 aliphatic rings. The standard InChI is InChI=1S/C25H38N4O2/c1-22(27-28-26)15-10-7-5-3-2-4-6-8-13-18-24-19-14-20-29(24)25(30)31-21-23-16-11-9-12-17-23/h9,11-13,16-18,22,24H,2-8,10,14-15,19-21H2,1H3/b18-13+/t22?,24-/m1/s1. The molecule has 0 aliphatic carbocycles. The Morgan fingerprint density at radius 2 is 1.90 bits per heavy atom. The SMILES string of the molecule is CC(CCCCCCCCC/C=C/[C@@H]1CCCN1C(=O)OCc1ccccc1)N=[N+]=[N-]. The van der Waals surface area contributed by atoms with Gasteiger partial charge in [-0.2, -0.15) is 0 Å². The molecule has 2 atom stereocenters. The molecule has 1 aromatic carbocycles. The first-order chi connectivity index (χ1) is 15.2. The number of rotatable bonds is 14. The number of unbranched alkanes of at least 4 members (excludes halogenated alkanes) is 7. The number of azide groups is 1. The molecule has 0 radical (unpaired) electrons. The maximum absolute atomic E-state index is 12.4. The molecule has 1 aliphatic heterocycles. The first-order valence-corrected chi connectivity index (χ1v) is 11.9. The maximum atomic E-state index is 12.4. The molecule has 6 nitrogen and oxygen atoms in total. The van der Waals surface area contributed by atoms with Gasteiger partial charge >= 0.3 is 6.09 Å². The predicted octanol–water partition coefficient (Wildman–Crippen LogP) is 7.55. The van der Waals surface area contributed by atoms with Crippen molar-refractivity contribution in [1.29, 1.82) is 0 Å². The predicted molar refractivity (Wildman–Crippen MR) is 126 cm³/mol. The highest BCUT2D eigenvalue weighted by atomic mass is 16.6. The molecule has 31 heavy (non-hydrogen) atoms. The largest absolute Gasteiger partial charge is 0.445 e. The van der Waals surface area contributed by atoms with E-state index in [0.29, 0.717) is 6.61 Å². The summed E-state index contributed by atoms with van der Waals surface area (Å²) in [4.78, 5) is 17.1. The highest BCUT2D eigenvalue weighted by molar-refractivity contribution is 5.68. The molecule has 170 valence electrons. The molecule has 1 unspecified atom stereocenters. The third-order valence-corrected chi connectivity index (χ3v) is 5.84. The molecule has 0 spiro atoms. The molecule has 1 amide bonds. The van der Waals surface area contributed by atoms with Crippen molar-refractivity contribution in [3.63, 3.8) is 0 Å². The van der Waals surface area contributed by atoms with E-state index in [9.17, 15) is 4.79 Å². The van der Waals surface area contributed by atoms with Crippen molar-refractivity contribution in [2.24, 2.45) is 5.11 Å². The normalized spacial score (nSPS) is 16.9. The lowest BCUT2D eigenvalue weighted by Gasteiger charge is -2.21. The lowest BCUT2D eigenvalue weighted by Crippen LogP contribution is -2.34. The zero-order chi connectivity index (χ0) is 22.2. The molecule has 1 saturated heterocycles. The van der Waals surface area contributed by atoms with E-state index in [2.05, 4.69) is 22.2 Å². The Morgan fingerprint density at radius 1 is 1.19 bits per heavy atom. The number of ether oxygens (including phenoxy) is 1. The molecule has 6 heteroatoms. The van der Waals surface area contributed by atoms with Gasteiger partial charge in [0.25, 0.3) is 0 Å². The summed E-state index contributed by atoms with van der Waals surface area (Å²) in [6.45, 7) is 3.09. The van der Waals surface area contributed by atoms with Gasteiger partial charge in [0.05, 0.1) is 6.04 Å². The molecule has 2 rings (SSSR count). The fraction of sp³-hybridized carbons (Fsp3) is 0.640. The zero-order valence-corrected chi connectivity index (χ0v) is 19.0. The van der Waals surface area contributed by atoms with E-state index in [0.717, 1.165) is 44.2 Å². The van der Waals surface area contributed by atoms with Crippen LogP contribution in [0.1, 0.15) is 83.1 Å². The van der Waals surface area contributed by atoms with E-state index >= 15 is 0 Å². The van der Waals surface area contributed by atoms with E-state index in [4.69, 9.17) is 10.3 Å².